The van der Waals surface area contributed by atoms with Crippen molar-refractivity contribution in [2.45, 2.75) is 52.0 Å². The van der Waals surface area contributed by atoms with Crippen LogP contribution in [-0.2, 0) is 0 Å². The van der Waals surface area contributed by atoms with Crippen LogP contribution in [-0.4, -0.2) is 18.6 Å². The topological polar surface area (TPSA) is 41.1 Å². The van der Waals surface area contributed by atoms with Crippen molar-refractivity contribution in [1.29, 1.82) is 0 Å². The van der Waals surface area contributed by atoms with Crippen LogP contribution in [0.2, 0.25) is 0 Å². The Hall–Kier alpha value is -0.730. The van der Waals surface area contributed by atoms with Crippen molar-refractivity contribution >= 4 is 6.03 Å². The van der Waals surface area contributed by atoms with E-state index >= 15 is 0 Å². The average molecular weight is 198 g/mol. The zero-order valence-corrected chi connectivity index (χ0v) is 9.31. The van der Waals surface area contributed by atoms with Gasteiger partial charge in [-0.1, -0.05) is 13.8 Å². The van der Waals surface area contributed by atoms with Gasteiger partial charge in [-0.15, -0.1) is 0 Å². The Kier molecular flexibility index (Phi) is 4.77. The molecular formula is C11H22N2O. The minimum absolute atomic E-state index is 0.00593. The zero-order chi connectivity index (χ0) is 10.4. The summed E-state index contributed by atoms with van der Waals surface area (Å²) in [6.45, 7) is 5.12. The van der Waals surface area contributed by atoms with Gasteiger partial charge in [0.2, 0.25) is 0 Å². The lowest BCUT2D eigenvalue weighted by molar-refractivity contribution is 0.228. The standard InChI is InChI=1S/C11H22N2O/c1-3-8-12-11(14)13-10-6-4-9(2)5-7-10/h9-10H,3-8H2,1-2H3,(H2,12,13,14). The van der Waals surface area contributed by atoms with Crippen LogP contribution in [0.25, 0.3) is 0 Å². The van der Waals surface area contributed by atoms with Crippen molar-refractivity contribution < 1.29 is 4.79 Å². The van der Waals surface area contributed by atoms with Crippen LogP contribution >= 0.6 is 0 Å². The fourth-order valence-electron chi connectivity index (χ4n) is 1.88. The van der Waals surface area contributed by atoms with Gasteiger partial charge in [-0.2, -0.15) is 0 Å². The Balaban J connectivity index is 2.14. The number of amides is 2. The van der Waals surface area contributed by atoms with E-state index in [1.807, 2.05) is 0 Å². The molecule has 0 aromatic rings. The Morgan fingerprint density at radius 1 is 1.29 bits per heavy atom. The lowest BCUT2D eigenvalue weighted by Gasteiger charge is -2.26. The molecule has 0 aromatic heterocycles. The van der Waals surface area contributed by atoms with Gasteiger partial charge in [0, 0.05) is 12.6 Å². The molecule has 0 radical (unpaired) electrons. The number of nitrogens with one attached hydrogen (secondary N) is 2. The molecular weight excluding hydrogens is 176 g/mol. The van der Waals surface area contributed by atoms with Crippen molar-refractivity contribution in [2.24, 2.45) is 5.92 Å². The van der Waals surface area contributed by atoms with E-state index in [1.165, 1.54) is 12.8 Å². The van der Waals surface area contributed by atoms with Crippen molar-refractivity contribution in [1.82, 2.24) is 10.6 Å². The predicted molar refractivity (Wildman–Crippen MR) is 58.2 cm³/mol. The number of hydrogen-bond donors (Lipinski definition) is 2. The number of urea groups is 1. The molecule has 0 saturated heterocycles. The highest BCUT2D eigenvalue weighted by atomic mass is 16.2. The molecule has 1 fully saturated rings. The van der Waals surface area contributed by atoms with Crippen LogP contribution in [0, 0.1) is 5.92 Å². The summed E-state index contributed by atoms with van der Waals surface area (Å²) in [7, 11) is 0. The minimum atomic E-state index is 0.00593. The smallest absolute Gasteiger partial charge is 0.315 e. The number of carbonyl (C=O) groups excluding carboxylic acids is 1. The molecule has 1 aliphatic carbocycles. The highest BCUT2D eigenvalue weighted by Crippen LogP contribution is 2.23. The molecule has 0 atom stereocenters. The summed E-state index contributed by atoms with van der Waals surface area (Å²) in [5.41, 5.74) is 0. The molecule has 2 N–H and O–H groups in total. The van der Waals surface area contributed by atoms with E-state index in [0.29, 0.717) is 6.04 Å². The van der Waals surface area contributed by atoms with Crippen LogP contribution in [0.15, 0.2) is 0 Å². The van der Waals surface area contributed by atoms with Crippen LogP contribution in [0.1, 0.15) is 46.0 Å². The SMILES string of the molecule is CCCNC(=O)NC1CCC(C)CC1. The van der Waals surface area contributed by atoms with Gasteiger partial charge < -0.3 is 10.6 Å². The summed E-state index contributed by atoms with van der Waals surface area (Å²) >= 11 is 0. The summed E-state index contributed by atoms with van der Waals surface area (Å²) in [4.78, 5) is 11.3. The van der Waals surface area contributed by atoms with Crippen molar-refractivity contribution in [3.63, 3.8) is 0 Å². The Morgan fingerprint density at radius 3 is 2.50 bits per heavy atom. The molecule has 14 heavy (non-hydrogen) atoms. The third-order valence-corrected chi connectivity index (χ3v) is 2.89. The predicted octanol–water partition coefficient (Wildman–Crippen LogP) is 2.27. The normalized spacial score (nSPS) is 27.0. The molecule has 0 unspecified atom stereocenters. The van der Waals surface area contributed by atoms with E-state index in [0.717, 1.165) is 31.7 Å². The second-order valence-electron chi connectivity index (χ2n) is 4.36. The summed E-state index contributed by atoms with van der Waals surface area (Å²) in [5, 5.41) is 5.86. The van der Waals surface area contributed by atoms with E-state index in [2.05, 4.69) is 24.5 Å². The second-order valence-corrected chi connectivity index (χ2v) is 4.36. The fourth-order valence-corrected chi connectivity index (χ4v) is 1.88. The molecule has 1 rings (SSSR count). The lowest BCUT2D eigenvalue weighted by atomic mass is 9.87. The quantitative estimate of drug-likeness (QED) is 0.717. The third-order valence-electron chi connectivity index (χ3n) is 2.89. The molecule has 82 valence electrons. The molecule has 0 aromatic carbocycles. The van der Waals surface area contributed by atoms with E-state index in [9.17, 15) is 4.79 Å². The minimum Gasteiger partial charge on any atom is -0.338 e. The van der Waals surface area contributed by atoms with E-state index < -0.39 is 0 Å². The molecule has 0 aliphatic heterocycles. The first kappa shape index (κ1) is 11.3. The molecule has 0 spiro atoms. The monoisotopic (exact) mass is 198 g/mol. The van der Waals surface area contributed by atoms with Crippen LogP contribution < -0.4 is 10.6 Å². The summed E-state index contributed by atoms with van der Waals surface area (Å²) < 4.78 is 0. The van der Waals surface area contributed by atoms with E-state index in [-0.39, 0.29) is 6.03 Å². The van der Waals surface area contributed by atoms with Crippen molar-refractivity contribution in [3.8, 4) is 0 Å². The van der Waals surface area contributed by atoms with Crippen molar-refractivity contribution in [3.05, 3.63) is 0 Å². The second kappa shape index (κ2) is 5.89. The average Bonchev–Trinajstić information content (AvgIpc) is 2.18. The molecule has 1 aliphatic rings. The summed E-state index contributed by atoms with van der Waals surface area (Å²) in [6, 6.07) is 0.412. The maximum absolute atomic E-state index is 11.3. The maximum Gasteiger partial charge on any atom is 0.315 e. The van der Waals surface area contributed by atoms with Crippen LogP contribution in [0.5, 0.6) is 0 Å². The summed E-state index contributed by atoms with van der Waals surface area (Å²) in [5.74, 6) is 0.840. The largest absolute Gasteiger partial charge is 0.338 e. The number of carbonyl (C=O) groups is 1. The molecule has 3 heteroatoms. The Labute approximate surface area is 86.6 Å². The van der Waals surface area contributed by atoms with Gasteiger partial charge in [0.05, 0.1) is 0 Å². The van der Waals surface area contributed by atoms with Gasteiger partial charge in [0.15, 0.2) is 0 Å². The fraction of sp³-hybridized carbons (Fsp3) is 0.909. The van der Waals surface area contributed by atoms with Gasteiger partial charge in [-0.05, 0) is 38.0 Å². The van der Waals surface area contributed by atoms with Gasteiger partial charge in [-0.25, -0.2) is 4.79 Å². The van der Waals surface area contributed by atoms with Crippen molar-refractivity contribution in [2.75, 3.05) is 6.54 Å². The molecule has 3 nitrogen and oxygen atoms in total. The third kappa shape index (κ3) is 3.99. The van der Waals surface area contributed by atoms with E-state index in [4.69, 9.17) is 0 Å². The van der Waals surface area contributed by atoms with Crippen LogP contribution in [0.4, 0.5) is 4.79 Å². The summed E-state index contributed by atoms with van der Waals surface area (Å²) in [6.07, 6.45) is 5.77. The van der Waals surface area contributed by atoms with E-state index in [1.54, 1.807) is 0 Å². The zero-order valence-electron chi connectivity index (χ0n) is 9.31. The first-order valence-electron chi connectivity index (χ1n) is 5.76. The molecule has 0 bridgehead atoms. The van der Waals surface area contributed by atoms with Gasteiger partial charge in [-0.3, -0.25) is 0 Å². The van der Waals surface area contributed by atoms with Crippen LogP contribution in [0.3, 0.4) is 0 Å². The number of hydrogen-bond acceptors (Lipinski definition) is 1. The van der Waals surface area contributed by atoms with Gasteiger partial charge in [0.1, 0.15) is 0 Å². The highest BCUT2D eigenvalue weighted by Gasteiger charge is 2.19. The molecule has 0 heterocycles. The lowest BCUT2D eigenvalue weighted by Crippen LogP contribution is -2.43. The molecule has 1 saturated carbocycles. The number of rotatable bonds is 3. The Bertz CT molecular complexity index is 174. The molecule has 2 amide bonds. The maximum atomic E-state index is 11.3. The van der Waals surface area contributed by atoms with Gasteiger partial charge in [0.25, 0.3) is 0 Å². The van der Waals surface area contributed by atoms with Gasteiger partial charge >= 0.3 is 6.03 Å². The first-order valence-corrected chi connectivity index (χ1v) is 5.76. The Morgan fingerprint density at radius 2 is 1.93 bits per heavy atom. The highest BCUT2D eigenvalue weighted by molar-refractivity contribution is 5.74. The first-order chi connectivity index (χ1) is 6.72.